The summed E-state index contributed by atoms with van der Waals surface area (Å²) in [4.78, 5) is 16.5. The summed E-state index contributed by atoms with van der Waals surface area (Å²) in [7, 11) is 0. The van der Waals surface area contributed by atoms with Gasteiger partial charge in [-0.1, -0.05) is 11.3 Å². The van der Waals surface area contributed by atoms with Crippen LogP contribution in [0.15, 0.2) is 42.5 Å². The van der Waals surface area contributed by atoms with Crippen LogP contribution in [0, 0.1) is 3.57 Å². The van der Waals surface area contributed by atoms with Gasteiger partial charge in [-0.2, -0.15) is 0 Å². The molecule has 3 rings (SSSR count). The summed E-state index contributed by atoms with van der Waals surface area (Å²) in [5.41, 5.74) is 7.87. The highest BCUT2D eigenvalue weighted by atomic mass is 127. The van der Waals surface area contributed by atoms with Crippen molar-refractivity contribution in [1.82, 2.24) is 4.98 Å². The lowest BCUT2D eigenvalue weighted by Crippen LogP contribution is -2.11. The summed E-state index contributed by atoms with van der Waals surface area (Å²) >= 11 is 3.62. The lowest BCUT2D eigenvalue weighted by molar-refractivity contribution is 0.102. The van der Waals surface area contributed by atoms with Crippen molar-refractivity contribution in [2.75, 3.05) is 11.1 Å². The molecule has 0 saturated heterocycles. The molecular weight excluding hydrogens is 385 g/mol. The fraction of sp³-hybridized carbons (Fsp3) is 0. The van der Waals surface area contributed by atoms with Crippen LogP contribution in [0.1, 0.15) is 10.4 Å². The van der Waals surface area contributed by atoms with E-state index in [0.717, 1.165) is 13.8 Å². The minimum atomic E-state index is -0.159. The van der Waals surface area contributed by atoms with E-state index in [1.807, 2.05) is 24.3 Å². The normalized spacial score (nSPS) is 10.7. The SMILES string of the molecule is Nc1ccc2nc(NC(=O)c3ccc(I)cc3)sc2c1. The van der Waals surface area contributed by atoms with Gasteiger partial charge >= 0.3 is 0 Å². The van der Waals surface area contributed by atoms with Crippen LogP contribution in [0.25, 0.3) is 10.2 Å². The van der Waals surface area contributed by atoms with Crippen molar-refractivity contribution in [1.29, 1.82) is 0 Å². The number of aromatic nitrogens is 1. The van der Waals surface area contributed by atoms with E-state index < -0.39 is 0 Å². The number of nitrogens with one attached hydrogen (secondary N) is 1. The number of hydrogen-bond acceptors (Lipinski definition) is 4. The van der Waals surface area contributed by atoms with Gasteiger partial charge in [0.1, 0.15) is 0 Å². The van der Waals surface area contributed by atoms with Crippen molar-refractivity contribution in [3.05, 3.63) is 51.6 Å². The number of anilines is 2. The van der Waals surface area contributed by atoms with Crippen molar-refractivity contribution in [3.8, 4) is 0 Å². The quantitative estimate of drug-likeness (QED) is 0.513. The number of carbonyl (C=O) groups excluding carboxylic acids is 1. The smallest absolute Gasteiger partial charge is 0.257 e. The molecule has 0 aliphatic carbocycles. The Labute approximate surface area is 133 Å². The largest absolute Gasteiger partial charge is 0.399 e. The highest BCUT2D eigenvalue weighted by Crippen LogP contribution is 2.27. The topological polar surface area (TPSA) is 68.0 Å². The van der Waals surface area contributed by atoms with Gasteiger partial charge in [0.2, 0.25) is 0 Å². The molecule has 0 spiro atoms. The maximum atomic E-state index is 12.1. The molecule has 20 heavy (non-hydrogen) atoms. The maximum absolute atomic E-state index is 12.1. The van der Waals surface area contributed by atoms with Gasteiger partial charge in [-0.3, -0.25) is 10.1 Å². The number of fused-ring (bicyclic) bond motifs is 1. The van der Waals surface area contributed by atoms with E-state index in [-0.39, 0.29) is 5.91 Å². The Morgan fingerprint density at radius 1 is 1.20 bits per heavy atom. The average molecular weight is 395 g/mol. The summed E-state index contributed by atoms with van der Waals surface area (Å²) in [5.74, 6) is -0.159. The molecule has 0 aliphatic rings. The number of nitrogens with two attached hydrogens (primary N) is 1. The number of benzene rings is 2. The molecule has 0 fully saturated rings. The summed E-state index contributed by atoms with van der Waals surface area (Å²) in [6, 6.07) is 12.9. The molecule has 1 aromatic heterocycles. The third kappa shape index (κ3) is 2.75. The van der Waals surface area contributed by atoms with E-state index in [1.165, 1.54) is 11.3 Å². The number of rotatable bonds is 2. The molecule has 4 nitrogen and oxygen atoms in total. The third-order valence-electron chi connectivity index (χ3n) is 2.74. The molecule has 0 radical (unpaired) electrons. The van der Waals surface area contributed by atoms with Crippen LogP contribution in [0.3, 0.4) is 0 Å². The highest BCUT2D eigenvalue weighted by Gasteiger charge is 2.09. The van der Waals surface area contributed by atoms with Crippen LogP contribution in [0.5, 0.6) is 0 Å². The van der Waals surface area contributed by atoms with E-state index in [9.17, 15) is 4.79 Å². The van der Waals surface area contributed by atoms with Crippen LogP contribution in [-0.4, -0.2) is 10.9 Å². The first-order chi connectivity index (χ1) is 9.61. The van der Waals surface area contributed by atoms with E-state index in [0.29, 0.717) is 16.4 Å². The second-order valence-electron chi connectivity index (χ2n) is 4.21. The minimum Gasteiger partial charge on any atom is -0.399 e. The molecule has 1 amide bonds. The van der Waals surface area contributed by atoms with E-state index in [1.54, 1.807) is 18.2 Å². The van der Waals surface area contributed by atoms with Crippen LogP contribution in [0.4, 0.5) is 10.8 Å². The second-order valence-corrected chi connectivity index (χ2v) is 6.48. The zero-order chi connectivity index (χ0) is 14.1. The number of nitrogens with zero attached hydrogens (tertiary/aromatic N) is 1. The molecule has 0 aliphatic heterocycles. The summed E-state index contributed by atoms with van der Waals surface area (Å²) in [5, 5.41) is 3.39. The molecule has 0 unspecified atom stereocenters. The van der Waals surface area contributed by atoms with Crippen LogP contribution < -0.4 is 11.1 Å². The first-order valence-corrected chi connectivity index (χ1v) is 7.74. The Morgan fingerprint density at radius 2 is 1.95 bits per heavy atom. The minimum absolute atomic E-state index is 0.159. The Hall–Kier alpha value is -1.67. The monoisotopic (exact) mass is 395 g/mol. The summed E-state index contributed by atoms with van der Waals surface area (Å²) < 4.78 is 2.05. The fourth-order valence-corrected chi connectivity index (χ4v) is 3.03. The predicted octanol–water partition coefficient (Wildman–Crippen LogP) is 3.74. The van der Waals surface area contributed by atoms with Crippen molar-refractivity contribution >= 4 is 60.9 Å². The molecule has 0 saturated carbocycles. The molecular formula is C14H10IN3OS. The second kappa shape index (κ2) is 5.37. The lowest BCUT2D eigenvalue weighted by Gasteiger charge is -2.01. The Bertz CT molecular complexity index is 783. The Morgan fingerprint density at radius 3 is 2.70 bits per heavy atom. The zero-order valence-electron chi connectivity index (χ0n) is 10.3. The van der Waals surface area contributed by atoms with Crippen LogP contribution >= 0.6 is 33.9 Å². The van der Waals surface area contributed by atoms with Crippen LogP contribution in [0.2, 0.25) is 0 Å². The predicted molar refractivity (Wildman–Crippen MR) is 91.1 cm³/mol. The van der Waals surface area contributed by atoms with Gasteiger partial charge in [-0.15, -0.1) is 0 Å². The molecule has 0 atom stereocenters. The van der Waals surface area contributed by atoms with Gasteiger partial charge in [0.05, 0.1) is 10.2 Å². The molecule has 3 N–H and O–H groups in total. The van der Waals surface area contributed by atoms with Gasteiger partial charge in [-0.25, -0.2) is 4.98 Å². The van der Waals surface area contributed by atoms with E-state index in [2.05, 4.69) is 32.9 Å². The number of thiazole rings is 1. The Kier molecular flexibility index (Phi) is 3.58. The number of halogens is 1. The van der Waals surface area contributed by atoms with Gasteiger partial charge in [0.15, 0.2) is 5.13 Å². The number of carbonyl (C=O) groups is 1. The molecule has 100 valence electrons. The van der Waals surface area contributed by atoms with Gasteiger partial charge in [0.25, 0.3) is 5.91 Å². The standard InChI is InChI=1S/C14H10IN3OS/c15-9-3-1-8(2-4-9)13(19)18-14-17-11-6-5-10(16)7-12(11)20-14/h1-7H,16H2,(H,17,18,19). The summed E-state index contributed by atoms with van der Waals surface area (Å²) in [6.45, 7) is 0. The van der Waals surface area contributed by atoms with Gasteiger partial charge < -0.3 is 5.73 Å². The van der Waals surface area contributed by atoms with Crippen LogP contribution in [-0.2, 0) is 0 Å². The average Bonchev–Trinajstić information content (AvgIpc) is 2.80. The fourth-order valence-electron chi connectivity index (χ4n) is 1.77. The first-order valence-electron chi connectivity index (χ1n) is 5.85. The molecule has 0 bridgehead atoms. The van der Waals surface area contributed by atoms with Crippen molar-refractivity contribution in [3.63, 3.8) is 0 Å². The molecule has 3 aromatic rings. The molecule has 1 heterocycles. The van der Waals surface area contributed by atoms with E-state index in [4.69, 9.17) is 5.73 Å². The zero-order valence-corrected chi connectivity index (χ0v) is 13.2. The van der Waals surface area contributed by atoms with Crippen molar-refractivity contribution in [2.24, 2.45) is 0 Å². The third-order valence-corrected chi connectivity index (χ3v) is 4.39. The van der Waals surface area contributed by atoms with Gasteiger partial charge in [-0.05, 0) is 65.1 Å². The lowest BCUT2D eigenvalue weighted by atomic mass is 10.2. The Balaban J connectivity index is 1.85. The molecule has 2 aromatic carbocycles. The van der Waals surface area contributed by atoms with Crippen molar-refractivity contribution < 1.29 is 4.79 Å². The van der Waals surface area contributed by atoms with Gasteiger partial charge in [0, 0.05) is 14.8 Å². The number of nitrogen functional groups attached to an aromatic ring is 1. The highest BCUT2D eigenvalue weighted by molar-refractivity contribution is 14.1. The van der Waals surface area contributed by atoms with E-state index >= 15 is 0 Å². The number of amides is 1. The first kappa shape index (κ1) is 13.3. The van der Waals surface area contributed by atoms with Crippen molar-refractivity contribution in [2.45, 2.75) is 0 Å². The number of hydrogen-bond donors (Lipinski definition) is 2. The molecule has 6 heteroatoms. The summed E-state index contributed by atoms with van der Waals surface area (Å²) in [6.07, 6.45) is 0. The maximum Gasteiger partial charge on any atom is 0.257 e.